The first-order valence-electron chi connectivity index (χ1n) is 7.47. The molecule has 20 heavy (non-hydrogen) atoms. The molecule has 1 aliphatic heterocycles. The molecule has 1 aliphatic carbocycles. The summed E-state index contributed by atoms with van der Waals surface area (Å²) in [7, 11) is 2.00. The van der Waals surface area contributed by atoms with Crippen LogP contribution in [0.1, 0.15) is 37.8 Å². The maximum absolute atomic E-state index is 6.48. The largest absolute Gasteiger partial charge is 0.490 e. The highest BCUT2D eigenvalue weighted by atomic mass is 35.5. The van der Waals surface area contributed by atoms with E-state index in [1.165, 1.54) is 12.8 Å². The standard InChI is InChI=1S/C16H22ClNO2/c1-10(11-4-5-11)16(18-2)12-8-14-15(9-13(12)17)20-7-3-6-19-14/h8-11,16,18H,3-7H2,1-2H3. The molecule has 0 amide bonds. The van der Waals surface area contributed by atoms with E-state index >= 15 is 0 Å². The van der Waals surface area contributed by atoms with Crippen molar-refractivity contribution in [3.8, 4) is 11.5 Å². The summed E-state index contributed by atoms with van der Waals surface area (Å²) in [6.07, 6.45) is 3.58. The Hall–Kier alpha value is -0.930. The molecule has 2 atom stereocenters. The number of hydrogen-bond donors (Lipinski definition) is 1. The van der Waals surface area contributed by atoms with Gasteiger partial charge in [-0.3, -0.25) is 0 Å². The van der Waals surface area contributed by atoms with Crippen LogP contribution in [-0.2, 0) is 0 Å². The summed E-state index contributed by atoms with van der Waals surface area (Å²) >= 11 is 6.48. The monoisotopic (exact) mass is 295 g/mol. The lowest BCUT2D eigenvalue weighted by molar-refractivity contribution is 0.296. The smallest absolute Gasteiger partial charge is 0.162 e. The Kier molecular flexibility index (Phi) is 4.08. The van der Waals surface area contributed by atoms with Crippen LogP contribution in [-0.4, -0.2) is 20.3 Å². The summed E-state index contributed by atoms with van der Waals surface area (Å²) in [6, 6.07) is 4.23. The number of fused-ring (bicyclic) bond motifs is 1. The van der Waals surface area contributed by atoms with Crippen molar-refractivity contribution in [1.82, 2.24) is 5.32 Å². The summed E-state index contributed by atoms with van der Waals surface area (Å²) in [4.78, 5) is 0. The molecule has 1 heterocycles. The predicted octanol–water partition coefficient (Wildman–Crippen LogP) is 3.81. The van der Waals surface area contributed by atoms with Crippen LogP contribution >= 0.6 is 11.6 Å². The van der Waals surface area contributed by atoms with Crippen LogP contribution < -0.4 is 14.8 Å². The third-order valence-corrected chi connectivity index (χ3v) is 4.73. The van der Waals surface area contributed by atoms with Crippen molar-refractivity contribution in [2.24, 2.45) is 11.8 Å². The van der Waals surface area contributed by atoms with Crippen LogP contribution in [0.15, 0.2) is 12.1 Å². The Morgan fingerprint density at radius 1 is 1.20 bits per heavy atom. The Labute approximate surface area is 125 Å². The molecule has 0 bridgehead atoms. The molecule has 0 aromatic heterocycles. The second-order valence-electron chi connectivity index (χ2n) is 5.83. The number of rotatable bonds is 4. The number of benzene rings is 1. The van der Waals surface area contributed by atoms with E-state index in [-0.39, 0.29) is 6.04 Å². The second kappa shape index (κ2) is 5.82. The highest BCUT2D eigenvalue weighted by Gasteiger charge is 2.34. The van der Waals surface area contributed by atoms with Crippen molar-refractivity contribution < 1.29 is 9.47 Å². The van der Waals surface area contributed by atoms with E-state index in [1.807, 2.05) is 13.1 Å². The van der Waals surface area contributed by atoms with Gasteiger partial charge >= 0.3 is 0 Å². The van der Waals surface area contributed by atoms with Gasteiger partial charge in [-0.25, -0.2) is 0 Å². The van der Waals surface area contributed by atoms with Crippen LogP contribution in [0, 0.1) is 11.8 Å². The minimum atomic E-state index is 0.271. The molecule has 0 radical (unpaired) electrons. The Morgan fingerprint density at radius 3 is 2.45 bits per heavy atom. The zero-order chi connectivity index (χ0) is 14.1. The van der Waals surface area contributed by atoms with Gasteiger partial charge in [0.05, 0.1) is 13.2 Å². The molecule has 110 valence electrons. The van der Waals surface area contributed by atoms with E-state index in [9.17, 15) is 0 Å². The van der Waals surface area contributed by atoms with Gasteiger partial charge in [-0.15, -0.1) is 0 Å². The third-order valence-electron chi connectivity index (χ3n) is 4.40. The average Bonchev–Trinajstić information content (AvgIpc) is 3.26. The predicted molar refractivity (Wildman–Crippen MR) is 80.7 cm³/mol. The third kappa shape index (κ3) is 2.75. The fourth-order valence-electron chi connectivity index (χ4n) is 3.03. The summed E-state index contributed by atoms with van der Waals surface area (Å²) in [5.74, 6) is 3.00. The van der Waals surface area contributed by atoms with Gasteiger partial charge in [-0.2, -0.15) is 0 Å². The fourth-order valence-corrected chi connectivity index (χ4v) is 3.30. The van der Waals surface area contributed by atoms with Crippen molar-refractivity contribution >= 4 is 11.6 Å². The van der Waals surface area contributed by atoms with Gasteiger partial charge in [0, 0.05) is 23.6 Å². The summed E-state index contributed by atoms with van der Waals surface area (Å²) in [5.41, 5.74) is 1.12. The fraction of sp³-hybridized carbons (Fsp3) is 0.625. The van der Waals surface area contributed by atoms with Crippen molar-refractivity contribution in [2.75, 3.05) is 20.3 Å². The van der Waals surface area contributed by atoms with Crippen LogP contribution in [0.3, 0.4) is 0 Å². The highest BCUT2D eigenvalue weighted by molar-refractivity contribution is 6.31. The van der Waals surface area contributed by atoms with Gasteiger partial charge in [-0.1, -0.05) is 18.5 Å². The van der Waals surface area contributed by atoms with Gasteiger partial charge in [0.25, 0.3) is 0 Å². The maximum atomic E-state index is 6.48. The minimum Gasteiger partial charge on any atom is -0.490 e. The normalized spacial score (nSPS) is 21.1. The molecule has 1 aromatic carbocycles. The van der Waals surface area contributed by atoms with E-state index in [2.05, 4.69) is 18.3 Å². The van der Waals surface area contributed by atoms with E-state index in [4.69, 9.17) is 21.1 Å². The Balaban J connectivity index is 1.93. The molecule has 1 N–H and O–H groups in total. The number of hydrogen-bond acceptors (Lipinski definition) is 3. The molecule has 3 nitrogen and oxygen atoms in total. The summed E-state index contributed by atoms with van der Waals surface area (Å²) in [5, 5.41) is 4.19. The zero-order valence-electron chi connectivity index (χ0n) is 12.1. The minimum absolute atomic E-state index is 0.271. The summed E-state index contributed by atoms with van der Waals surface area (Å²) in [6.45, 7) is 3.70. The zero-order valence-corrected chi connectivity index (χ0v) is 12.9. The topological polar surface area (TPSA) is 30.5 Å². The van der Waals surface area contributed by atoms with Gasteiger partial charge < -0.3 is 14.8 Å². The molecular weight excluding hydrogens is 274 g/mol. The molecule has 2 aliphatic rings. The van der Waals surface area contributed by atoms with Gasteiger partial charge in [0.2, 0.25) is 0 Å². The van der Waals surface area contributed by atoms with Crippen molar-refractivity contribution in [1.29, 1.82) is 0 Å². The molecule has 4 heteroatoms. The van der Waals surface area contributed by atoms with Gasteiger partial charge in [0.1, 0.15) is 0 Å². The van der Waals surface area contributed by atoms with E-state index < -0.39 is 0 Å². The maximum Gasteiger partial charge on any atom is 0.162 e. The van der Waals surface area contributed by atoms with Crippen LogP contribution in [0.2, 0.25) is 5.02 Å². The first kappa shape index (κ1) is 14.0. The Morgan fingerprint density at radius 2 is 1.85 bits per heavy atom. The van der Waals surface area contributed by atoms with Crippen molar-refractivity contribution in [3.63, 3.8) is 0 Å². The average molecular weight is 296 g/mol. The second-order valence-corrected chi connectivity index (χ2v) is 6.24. The van der Waals surface area contributed by atoms with Crippen LogP contribution in [0.4, 0.5) is 0 Å². The lowest BCUT2D eigenvalue weighted by atomic mass is 9.90. The lowest BCUT2D eigenvalue weighted by Crippen LogP contribution is -2.25. The van der Waals surface area contributed by atoms with Gasteiger partial charge in [0.15, 0.2) is 11.5 Å². The van der Waals surface area contributed by atoms with Gasteiger partial charge in [-0.05, 0) is 43.4 Å². The SMILES string of the molecule is CNC(c1cc2c(cc1Cl)OCCCO2)C(C)C1CC1. The number of ether oxygens (including phenoxy) is 2. The van der Waals surface area contributed by atoms with Crippen molar-refractivity contribution in [3.05, 3.63) is 22.7 Å². The van der Waals surface area contributed by atoms with E-state index in [1.54, 1.807) is 0 Å². The van der Waals surface area contributed by atoms with Crippen LogP contribution in [0.5, 0.6) is 11.5 Å². The molecule has 2 unspecified atom stereocenters. The Bertz CT molecular complexity index is 488. The lowest BCUT2D eigenvalue weighted by Gasteiger charge is -2.25. The molecule has 0 spiro atoms. The molecule has 3 rings (SSSR count). The molecule has 0 saturated heterocycles. The number of halogens is 1. The number of nitrogens with one attached hydrogen (secondary N) is 1. The van der Waals surface area contributed by atoms with Crippen molar-refractivity contribution in [2.45, 2.75) is 32.2 Å². The molecule has 1 saturated carbocycles. The quantitative estimate of drug-likeness (QED) is 0.916. The summed E-state index contributed by atoms with van der Waals surface area (Å²) < 4.78 is 11.5. The molecular formula is C16H22ClNO2. The molecule has 1 aromatic rings. The first-order chi connectivity index (χ1) is 9.70. The molecule has 1 fully saturated rings. The van der Waals surface area contributed by atoms with E-state index in [0.717, 1.165) is 34.4 Å². The van der Waals surface area contributed by atoms with E-state index in [0.29, 0.717) is 19.1 Å². The van der Waals surface area contributed by atoms with Crippen LogP contribution in [0.25, 0.3) is 0 Å². The first-order valence-corrected chi connectivity index (χ1v) is 7.85. The highest BCUT2D eigenvalue weighted by Crippen LogP contribution is 2.45.